The molecule has 2 atom stereocenters. The van der Waals surface area contributed by atoms with Crippen LogP contribution in [0.2, 0.25) is 0 Å². The van der Waals surface area contributed by atoms with Gasteiger partial charge in [-0.25, -0.2) is 9.07 Å². The number of hydrogen-bond donors (Lipinski definition) is 0. The van der Waals surface area contributed by atoms with Crippen LogP contribution < -0.4 is 4.90 Å². The second kappa shape index (κ2) is 9.29. The van der Waals surface area contributed by atoms with E-state index in [0.29, 0.717) is 54.1 Å². The Morgan fingerprint density at radius 1 is 1.22 bits per heavy atom. The van der Waals surface area contributed by atoms with E-state index in [4.69, 9.17) is 14.0 Å². The number of ether oxygens (including phenoxy) is 2. The van der Waals surface area contributed by atoms with Gasteiger partial charge < -0.3 is 18.9 Å². The van der Waals surface area contributed by atoms with E-state index < -0.39 is 0 Å². The fourth-order valence-corrected chi connectivity index (χ4v) is 4.52. The summed E-state index contributed by atoms with van der Waals surface area (Å²) in [5, 5.41) is 14.8. The Kier molecular flexibility index (Phi) is 6.08. The summed E-state index contributed by atoms with van der Waals surface area (Å²) in [6.45, 7) is 3.13. The predicted octanol–water partition coefficient (Wildman–Crippen LogP) is 2.40. The smallest absolute Gasteiger partial charge is 0.324 e. The third kappa shape index (κ3) is 4.63. The van der Waals surface area contributed by atoms with Gasteiger partial charge in [-0.1, -0.05) is 11.2 Å². The monoisotopic (exact) mass is 443 g/mol. The molecule has 10 nitrogen and oxygen atoms in total. The van der Waals surface area contributed by atoms with Crippen molar-refractivity contribution in [1.29, 1.82) is 0 Å². The maximum atomic E-state index is 14.4. The Morgan fingerprint density at radius 2 is 2.09 bits per heavy atom. The van der Waals surface area contributed by atoms with E-state index in [1.807, 2.05) is 0 Å². The highest BCUT2D eigenvalue weighted by Gasteiger charge is 2.43. The maximum absolute atomic E-state index is 14.4. The van der Waals surface area contributed by atoms with Crippen molar-refractivity contribution in [2.24, 2.45) is 17.8 Å². The maximum Gasteiger partial charge on any atom is 0.324 e. The van der Waals surface area contributed by atoms with Crippen molar-refractivity contribution in [2.75, 3.05) is 31.7 Å². The van der Waals surface area contributed by atoms with Crippen molar-refractivity contribution in [2.45, 2.75) is 32.5 Å². The minimum Gasteiger partial charge on any atom is -0.377 e. The van der Waals surface area contributed by atoms with E-state index in [-0.39, 0.29) is 12.4 Å². The van der Waals surface area contributed by atoms with Crippen LogP contribution in [0.3, 0.4) is 0 Å². The van der Waals surface area contributed by atoms with Crippen LogP contribution in [0.1, 0.15) is 30.7 Å². The molecule has 1 aromatic carbocycles. The normalized spacial score (nSPS) is 21.2. The van der Waals surface area contributed by atoms with E-state index >= 15 is 0 Å². The van der Waals surface area contributed by atoms with E-state index in [1.165, 1.54) is 23.5 Å². The van der Waals surface area contributed by atoms with Crippen molar-refractivity contribution in [3.05, 3.63) is 41.7 Å². The molecule has 0 radical (unpaired) electrons. The molecule has 2 fully saturated rings. The van der Waals surface area contributed by atoms with Crippen LogP contribution in [-0.2, 0) is 22.7 Å². The first-order valence-electron chi connectivity index (χ1n) is 10.9. The molecule has 32 heavy (non-hydrogen) atoms. The highest BCUT2D eigenvalue weighted by Crippen LogP contribution is 2.48. The fourth-order valence-electron chi connectivity index (χ4n) is 4.52. The van der Waals surface area contributed by atoms with Gasteiger partial charge in [0.25, 0.3) is 0 Å². The Labute approximate surface area is 184 Å². The van der Waals surface area contributed by atoms with Gasteiger partial charge in [-0.15, -0.1) is 5.10 Å². The number of tetrazole rings is 1. The van der Waals surface area contributed by atoms with Crippen LogP contribution in [0.5, 0.6) is 0 Å². The summed E-state index contributed by atoms with van der Waals surface area (Å²) in [4.78, 5) is 6.53. The fraction of sp³-hybridized carbons (Fsp3) is 0.571. The number of benzene rings is 1. The van der Waals surface area contributed by atoms with E-state index in [9.17, 15) is 4.39 Å². The first kappa shape index (κ1) is 21.0. The molecule has 1 saturated carbocycles. The first-order chi connectivity index (χ1) is 15.7. The molecular weight excluding hydrogens is 417 g/mol. The summed E-state index contributed by atoms with van der Waals surface area (Å²) >= 11 is 0. The zero-order valence-electron chi connectivity index (χ0n) is 17.9. The number of aromatic nitrogens is 6. The van der Waals surface area contributed by atoms with Crippen LogP contribution in [0.25, 0.3) is 5.69 Å². The molecule has 3 aromatic rings. The Bertz CT molecular complexity index is 1020. The first-order valence-corrected chi connectivity index (χ1v) is 10.9. The van der Waals surface area contributed by atoms with E-state index in [2.05, 4.69) is 30.6 Å². The van der Waals surface area contributed by atoms with Gasteiger partial charge in [0.15, 0.2) is 5.82 Å². The summed E-state index contributed by atoms with van der Waals surface area (Å²) in [6.07, 6.45) is 4.83. The third-order valence-electron chi connectivity index (χ3n) is 6.36. The van der Waals surface area contributed by atoms with Gasteiger partial charge in [-0.05, 0) is 53.5 Å². The van der Waals surface area contributed by atoms with Gasteiger partial charge in [-0.3, -0.25) is 0 Å². The van der Waals surface area contributed by atoms with Gasteiger partial charge in [0, 0.05) is 31.8 Å². The molecule has 2 unspecified atom stereocenters. The molecule has 3 heterocycles. The molecule has 170 valence electrons. The number of methoxy groups -OCH3 is 1. The second-order valence-electron chi connectivity index (χ2n) is 8.46. The molecule has 0 spiro atoms. The highest BCUT2D eigenvalue weighted by atomic mass is 19.1. The Balaban J connectivity index is 1.04. The summed E-state index contributed by atoms with van der Waals surface area (Å²) in [5.41, 5.74) is 1.13. The van der Waals surface area contributed by atoms with E-state index in [0.717, 1.165) is 25.9 Å². The standard InChI is InChI=1S/C21H26FN7O3/c1-30-12-20-24-21(32-25-20)28-6-4-14(5-7-28)18-8-16(18)11-31-10-15-2-3-17(9-19(15)22)29-13-23-26-27-29/h2-3,9,13-14,16,18H,4-8,10-12H2,1H3. The molecule has 0 N–H and O–H groups in total. The van der Waals surface area contributed by atoms with Crippen molar-refractivity contribution in [1.82, 2.24) is 30.3 Å². The molecule has 1 aliphatic heterocycles. The number of anilines is 1. The number of halogens is 1. The lowest BCUT2D eigenvalue weighted by Crippen LogP contribution is -2.34. The molecular formula is C21H26FN7O3. The van der Waals surface area contributed by atoms with Gasteiger partial charge in [-0.2, -0.15) is 4.98 Å². The molecule has 1 aliphatic carbocycles. The van der Waals surface area contributed by atoms with E-state index in [1.54, 1.807) is 19.2 Å². The molecule has 0 amide bonds. The van der Waals surface area contributed by atoms with Gasteiger partial charge >= 0.3 is 6.01 Å². The van der Waals surface area contributed by atoms with Crippen LogP contribution in [-0.4, -0.2) is 57.2 Å². The molecule has 5 rings (SSSR count). The lowest BCUT2D eigenvalue weighted by Gasteiger charge is -2.30. The second-order valence-corrected chi connectivity index (χ2v) is 8.46. The zero-order valence-corrected chi connectivity index (χ0v) is 17.9. The Hall–Kier alpha value is -2.92. The van der Waals surface area contributed by atoms with Gasteiger partial charge in [0.05, 0.1) is 18.9 Å². The molecule has 1 saturated heterocycles. The predicted molar refractivity (Wildman–Crippen MR) is 110 cm³/mol. The minimum atomic E-state index is -0.313. The summed E-state index contributed by atoms with van der Waals surface area (Å²) in [7, 11) is 1.61. The SMILES string of the molecule is COCc1noc(N2CCC(C3CC3COCc3ccc(-n4cnnn4)cc3F)CC2)n1. The number of rotatable bonds is 9. The average Bonchev–Trinajstić information content (AvgIpc) is 3.17. The van der Waals surface area contributed by atoms with Crippen LogP contribution in [0.4, 0.5) is 10.4 Å². The minimum absolute atomic E-state index is 0.268. The molecule has 2 aliphatic rings. The average molecular weight is 443 g/mol. The largest absolute Gasteiger partial charge is 0.377 e. The van der Waals surface area contributed by atoms with Crippen LogP contribution in [0.15, 0.2) is 29.0 Å². The van der Waals surface area contributed by atoms with Crippen LogP contribution >= 0.6 is 0 Å². The Morgan fingerprint density at radius 3 is 2.84 bits per heavy atom. The lowest BCUT2D eigenvalue weighted by atomic mass is 9.91. The molecule has 2 aromatic heterocycles. The van der Waals surface area contributed by atoms with Crippen molar-refractivity contribution in [3.63, 3.8) is 0 Å². The quantitative estimate of drug-likeness (QED) is 0.493. The lowest BCUT2D eigenvalue weighted by molar-refractivity contribution is 0.102. The summed E-state index contributed by atoms with van der Waals surface area (Å²) in [5.74, 6) is 2.20. The van der Waals surface area contributed by atoms with Crippen molar-refractivity contribution < 1.29 is 18.4 Å². The zero-order chi connectivity index (χ0) is 21.9. The van der Waals surface area contributed by atoms with Crippen molar-refractivity contribution >= 4 is 6.01 Å². The van der Waals surface area contributed by atoms with Gasteiger partial charge in [0.1, 0.15) is 18.8 Å². The van der Waals surface area contributed by atoms with Crippen LogP contribution in [0, 0.1) is 23.6 Å². The molecule has 11 heteroatoms. The molecule has 0 bridgehead atoms. The van der Waals surface area contributed by atoms with Crippen molar-refractivity contribution in [3.8, 4) is 5.69 Å². The third-order valence-corrected chi connectivity index (χ3v) is 6.36. The summed E-state index contributed by atoms with van der Waals surface area (Å²) in [6, 6.07) is 5.51. The topological polar surface area (TPSA) is 104 Å². The number of hydrogen-bond acceptors (Lipinski definition) is 9. The highest BCUT2D eigenvalue weighted by molar-refractivity contribution is 5.34. The number of piperidine rings is 1. The van der Waals surface area contributed by atoms with Gasteiger partial charge in [0.2, 0.25) is 0 Å². The number of nitrogens with zero attached hydrogens (tertiary/aromatic N) is 7. The summed E-state index contributed by atoms with van der Waals surface area (Å²) < 4.78 is 32.0.